The molecule has 2 aromatic carbocycles. The quantitative estimate of drug-likeness (QED) is 0.154. The molecule has 3 N–H and O–H groups in total. The average molecular weight is 727 g/mol. The minimum absolute atomic E-state index is 0.0448. The third-order valence-corrected chi connectivity index (χ3v) is 10.1. The van der Waals surface area contributed by atoms with E-state index in [2.05, 4.69) is 57.0 Å². The molecule has 12 heteroatoms. The number of aryl methyl sites for hydroxylation is 2. The van der Waals surface area contributed by atoms with E-state index in [0.717, 1.165) is 37.1 Å². The largest absolute Gasteiger partial charge is 0.477 e. The maximum Gasteiger partial charge on any atom is 0.343 e. The number of aromatic carboxylic acids is 1. The smallest absolute Gasteiger partial charge is 0.343 e. The van der Waals surface area contributed by atoms with Crippen LogP contribution in [0.2, 0.25) is 0 Å². The van der Waals surface area contributed by atoms with Gasteiger partial charge >= 0.3 is 11.9 Å². The number of hydrogen-bond acceptors (Lipinski definition) is 9. The Morgan fingerprint density at radius 3 is 1.50 bits per heavy atom. The number of carboxylic acid groups (broad SMARTS) is 1. The molecule has 2 aliphatic carbocycles. The van der Waals surface area contributed by atoms with E-state index in [1.807, 2.05) is 26.0 Å². The van der Waals surface area contributed by atoms with Crippen LogP contribution in [0.1, 0.15) is 63.7 Å². The van der Waals surface area contributed by atoms with Crippen LogP contribution in [0.5, 0.6) is 0 Å². The number of benzene rings is 2. The summed E-state index contributed by atoms with van der Waals surface area (Å²) in [5, 5.41) is 17.0. The fourth-order valence-electron chi connectivity index (χ4n) is 7.49. The van der Waals surface area contributed by atoms with E-state index in [1.165, 1.54) is 34.6 Å². The number of fused-ring (bicyclic) bond motifs is 4. The van der Waals surface area contributed by atoms with Gasteiger partial charge in [0.05, 0.1) is 41.1 Å². The highest BCUT2D eigenvalue weighted by atomic mass is 16.5. The van der Waals surface area contributed by atoms with Crippen molar-refractivity contribution in [2.45, 2.75) is 71.6 Å². The van der Waals surface area contributed by atoms with Crippen LogP contribution in [0, 0.1) is 0 Å². The zero-order valence-corrected chi connectivity index (χ0v) is 30.5. The van der Waals surface area contributed by atoms with E-state index >= 15 is 0 Å². The van der Waals surface area contributed by atoms with Gasteiger partial charge in [0.2, 0.25) is 10.9 Å². The van der Waals surface area contributed by atoms with Crippen molar-refractivity contribution in [2.24, 2.45) is 0 Å². The zero-order chi connectivity index (χ0) is 37.9. The fraction of sp³-hybridized carbons (Fsp3) is 0.286. The number of carbonyl (C=O) groups excluding carboxylic acids is 1. The third-order valence-electron chi connectivity index (χ3n) is 10.1. The molecule has 0 amide bonds. The van der Waals surface area contributed by atoms with E-state index in [1.54, 1.807) is 40.6 Å². The molecular formula is C42H42N6O6. The number of aromatic nitrogens is 4. The summed E-state index contributed by atoms with van der Waals surface area (Å²) in [6.45, 7) is 6.92. The first-order valence-electron chi connectivity index (χ1n) is 18.3. The fourth-order valence-corrected chi connectivity index (χ4v) is 7.49. The van der Waals surface area contributed by atoms with E-state index in [4.69, 9.17) is 4.74 Å². The first-order valence-corrected chi connectivity index (χ1v) is 18.3. The highest BCUT2D eigenvalue weighted by Crippen LogP contribution is 2.27. The first-order chi connectivity index (χ1) is 26.2. The molecule has 12 nitrogen and oxygen atoms in total. The van der Waals surface area contributed by atoms with Gasteiger partial charge in [0, 0.05) is 37.6 Å². The molecule has 8 rings (SSSR count). The third kappa shape index (κ3) is 7.19. The summed E-state index contributed by atoms with van der Waals surface area (Å²) in [6, 6.07) is 20.8. The van der Waals surface area contributed by atoms with E-state index in [0.29, 0.717) is 35.2 Å². The van der Waals surface area contributed by atoms with Crippen LogP contribution < -0.4 is 21.5 Å². The summed E-state index contributed by atoms with van der Waals surface area (Å²) in [7, 11) is 0. The Morgan fingerprint density at radius 2 is 1.11 bits per heavy atom. The molecule has 2 aliphatic rings. The number of carboxylic acids is 1. The van der Waals surface area contributed by atoms with Crippen LogP contribution in [0.15, 0.2) is 95.0 Å². The van der Waals surface area contributed by atoms with Gasteiger partial charge in [0.25, 0.3) is 0 Å². The van der Waals surface area contributed by atoms with Gasteiger partial charge in [-0.05, 0) is 80.8 Å². The molecule has 0 fully saturated rings. The highest BCUT2D eigenvalue weighted by molar-refractivity contribution is 5.94. The minimum atomic E-state index is -1.22. The molecule has 6 aromatic rings. The van der Waals surface area contributed by atoms with Crippen molar-refractivity contribution >= 4 is 45.4 Å². The lowest BCUT2D eigenvalue weighted by Gasteiger charge is -2.15. The van der Waals surface area contributed by atoms with Gasteiger partial charge in [-0.1, -0.05) is 48.5 Å². The van der Waals surface area contributed by atoms with Crippen LogP contribution in [-0.2, 0) is 43.5 Å². The van der Waals surface area contributed by atoms with E-state index in [-0.39, 0.29) is 35.2 Å². The summed E-state index contributed by atoms with van der Waals surface area (Å²) in [4.78, 5) is 57.9. The second-order valence-electron chi connectivity index (χ2n) is 13.6. The summed E-state index contributed by atoms with van der Waals surface area (Å²) in [5.41, 5.74) is 6.94. The lowest BCUT2D eigenvalue weighted by molar-refractivity contribution is 0.0523. The SMILES string of the molecule is CCOC(=O)c1cn(CC)c2ncc(NC3Cc4ccccc4C3)cc2c1=O.CCn1cc(C(=O)O)c(=O)c2cc(NC3Cc4ccccc4C3)cnc21. The molecule has 54 heavy (non-hydrogen) atoms. The minimum Gasteiger partial charge on any atom is -0.477 e. The van der Waals surface area contributed by atoms with Gasteiger partial charge in [-0.15, -0.1) is 0 Å². The Bertz CT molecular complexity index is 2470. The van der Waals surface area contributed by atoms with Gasteiger partial charge in [-0.3, -0.25) is 9.59 Å². The molecule has 0 bridgehead atoms. The van der Waals surface area contributed by atoms with Gasteiger partial charge < -0.3 is 29.6 Å². The van der Waals surface area contributed by atoms with Gasteiger partial charge in [0.1, 0.15) is 22.4 Å². The number of hydrogen-bond donors (Lipinski definition) is 3. The Hall–Kier alpha value is -6.30. The molecule has 276 valence electrons. The number of esters is 1. The van der Waals surface area contributed by atoms with Crippen molar-refractivity contribution in [3.05, 3.63) is 139 Å². The van der Waals surface area contributed by atoms with Crippen LogP contribution in [0.3, 0.4) is 0 Å². The lowest BCUT2D eigenvalue weighted by atomic mass is 10.1. The standard InChI is InChI=1S/C22H23N3O3.C20H19N3O3/c1-3-25-13-19(22(27)28-4-2)20(26)18-11-17(12-23-21(18)25)24-16-9-14-7-5-6-8-15(14)10-16;1-2-23-11-17(20(25)26)18(24)16-9-15(10-21-19(16)23)22-14-7-12-5-3-4-6-13(12)8-14/h5-8,11-13,16,24H,3-4,9-10H2,1-2H3;3-6,9-11,14,22H,2,7-8H2,1H3,(H,25,26). The molecule has 0 unspecified atom stereocenters. The van der Waals surface area contributed by atoms with Crippen molar-refractivity contribution in [1.29, 1.82) is 0 Å². The molecule has 4 aromatic heterocycles. The summed E-state index contributed by atoms with van der Waals surface area (Å²) < 4.78 is 8.54. The summed E-state index contributed by atoms with van der Waals surface area (Å²) >= 11 is 0. The Kier molecular flexibility index (Phi) is 10.3. The normalized spacial score (nSPS) is 13.6. The van der Waals surface area contributed by atoms with Crippen LogP contribution in [0.25, 0.3) is 22.1 Å². The maximum atomic E-state index is 12.9. The second kappa shape index (κ2) is 15.4. The number of anilines is 2. The molecular weight excluding hydrogens is 684 g/mol. The Balaban J connectivity index is 0.000000167. The molecule has 0 saturated heterocycles. The van der Waals surface area contributed by atoms with Crippen LogP contribution >= 0.6 is 0 Å². The van der Waals surface area contributed by atoms with Gasteiger partial charge in [-0.2, -0.15) is 0 Å². The Morgan fingerprint density at radius 1 is 0.704 bits per heavy atom. The van der Waals surface area contributed by atoms with Crippen molar-refractivity contribution in [3.8, 4) is 0 Å². The molecule has 4 heterocycles. The van der Waals surface area contributed by atoms with Gasteiger partial charge in [-0.25, -0.2) is 19.6 Å². The van der Waals surface area contributed by atoms with Gasteiger partial charge in [0.15, 0.2) is 0 Å². The van der Waals surface area contributed by atoms with Crippen molar-refractivity contribution in [2.75, 3.05) is 17.2 Å². The van der Waals surface area contributed by atoms with Crippen LogP contribution in [0.4, 0.5) is 11.4 Å². The predicted molar refractivity (Wildman–Crippen MR) is 209 cm³/mol. The van der Waals surface area contributed by atoms with E-state index in [9.17, 15) is 24.3 Å². The van der Waals surface area contributed by atoms with E-state index < -0.39 is 17.4 Å². The monoisotopic (exact) mass is 726 g/mol. The number of rotatable bonds is 9. The first kappa shape index (κ1) is 36.1. The van der Waals surface area contributed by atoms with Crippen molar-refractivity contribution < 1.29 is 19.4 Å². The van der Waals surface area contributed by atoms with Crippen molar-refractivity contribution in [1.82, 2.24) is 19.1 Å². The summed E-state index contributed by atoms with van der Waals surface area (Å²) in [6.07, 6.45) is 10.1. The second-order valence-corrected chi connectivity index (χ2v) is 13.6. The summed E-state index contributed by atoms with van der Waals surface area (Å²) in [5.74, 6) is -1.81. The number of nitrogens with one attached hydrogen (secondary N) is 2. The molecule has 0 saturated carbocycles. The molecule has 0 spiro atoms. The molecule has 0 atom stereocenters. The average Bonchev–Trinajstić information content (AvgIpc) is 3.78. The number of ether oxygens (including phenoxy) is 1. The highest BCUT2D eigenvalue weighted by Gasteiger charge is 2.23. The number of carbonyl (C=O) groups is 2. The maximum absolute atomic E-state index is 12.9. The topological polar surface area (TPSA) is 157 Å². The Labute approximate surface area is 311 Å². The number of pyridine rings is 4. The lowest BCUT2D eigenvalue weighted by Crippen LogP contribution is -2.22. The predicted octanol–water partition coefficient (Wildman–Crippen LogP) is 5.87. The van der Waals surface area contributed by atoms with Crippen LogP contribution in [-0.4, -0.2) is 54.8 Å². The zero-order valence-electron chi connectivity index (χ0n) is 30.5. The number of nitrogens with zero attached hydrogens (tertiary/aromatic N) is 4. The molecule has 0 radical (unpaired) electrons. The van der Waals surface area contributed by atoms with Crippen molar-refractivity contribution in [3.63, 3.8) is 0 Å². The molecule has 0 aliphatic heterocycles.